The zero-order valence-electron chi connectivity index (χ0n) is 12.3. The van der Waals surface area contributed by atoms with E-state index in [4.69, 9.17) is 9.84 Å². The third-order valence-electron chi connectivity index (χ3n) is 4.38. The molecule has 4 heteroatoms. The summed E-state index contributed by atoms with van der Waals surface area (Å²) in [7, 11) is 0. The number of fused-ring (bicyclic) bond motifs is 1. The van der Waals surface area contributed by atoms with E-state index < -0.39 is 5.97 Å². The van der Waals surface area contributed by atoms with Crippen LogP contribution in [-0.2, 0) is 14.3 Å². The lowest BCUT2D eigenvalue weighted by Crippen LogP contribution is -2.27. The molecule has 20 heavy (non-hydrogen) atoms. The van der Waals surface area contributed by atoms with Crippen molar-refractivity contribution in [2.45, 2.75) is 52.6 Å². The third kappa shape index (κ3) is 2.94. The van der Waals surface area contributed by atoms with E-state index in [0.717, 1.165) is 25.7 Å². The maximum Gasteiger partial charge on any atom is 0.330 e. The van der Waals surface area contributed by atoms with Gasteiger partial charge in [0.2, 0.25) is 0 Å². The lowest BCUT2D eigenvalue weighted by atomic mass is 9.76. The molecule has 0 saturated heterocycles. The van der Waals surface area contributed by atoms with E-state index in [9.17, 15) is 9.59 Å². The van der Waals surface area contributed by atoms with Crippen LogP contribution in [0.4, 0.5) is 0 Å². The summed E-state index contributed by atoms with van der Waals surface area (Å²) < 4.78 is 5.43. The molecule has 0 heterocycles. The first-order valence-corrected chi connectivity index (χ1v) is 7.18. The third-order valence-corrected chi connectivity index (χ3v) is 4.38. The molecule has 1 fully saturated rings. The smallest absolute Gasteiger partial charge is 0.330 e. The number of carbonyl (C=O) groups excluding carboxylic acids is 1. The van der Waals surface area contributed by atoms with Gasteiger partial charge in [-0.1, -0.05) is 23.6 Å². The first-order valence-electron chi connectivity index (χ1n) is 7.18. The second kappa shape index (κ2) is 5.81. The van der Waals surface area contributed by atoms with E-state index >= 15 is 0 Å². The van der Waals surface area contributed by atoms with Crippen molar-refractivity contribution in [3.8, 4) is 0 Å². The highest BCUT2D eigenvalue weighted by Gasteiger charge is 2.40. The molecular formula is C16H22O4. The van der Waals surface area contributed by atoms with Crippen LogP contribution in [-0.4, -0.2) is 23.1 Å². The molecule has 1 N–H and O–H groups in total. The van der Waals surface area contributed by atoms with Crippen LogP contribution in [0.2, 0.25) is 0 Å². The highest BCUT2D eigenvalue weighted by Crippen LogP contribution is 2.46. The number of hydrogen-bond donors (Lipinski definition) is 1. The predicted octanol–water partition coefficient (Wildman–Crippen LogP) is 3.09. The van der Waals surface area contributed by atoms with E-state index in [2.05, 4.69) is 6.92 Å². The van der Waals surface area contributed by atoms with Crippen LogP contribution >= 0.6 is 0 Å². The molecule has 0 amide bonds. The number of hydrogen-bond acceptors (Lipinski definition) is 3. The van der Waals surface area contributed by atoms with E-state index in [1.54, 1.807) is 6.92 Å². The quantitative estimate of drug-likeness (QED) is 0.489. The van der Waals surface area contributed by atoms with E-state index in [0.29, 0.717) is 5.57 Å². The second-order valence-electron chi connectivity index (χ2n) is 5.89. The number of aliphatic carboxylic acids is 1. The lowest BCUT2D eigenvalue weighted by molar-refractivity contribution is -0.148. The Bertz CT molecular complexity index is 487. The highest BCUT2D eigenvalue weighted by molar-refractivity contribution is 5.85. The number of ether oxygens (including phenoxy) is 1. The van der Waals surface area contributed by atoms with Gasteiger partial charge >= 0.3 is 11.9 Å². The minimum absolute atomic E-state index is 0.0520. The Morgan fingerprint density at radius 3 is 2.60 bits per heavy atom. The molecule has 0 bridgehead atoms. The molecule has 0 aromatic rings. The fraction of sp³-hybridized carbons (Fsp3) is 0.625. The Morgan fingerprint density at radius 1 is 1.30 bits per heavy atom. The van der Waals surface area contributed by atoms with Gasteiger partial charge in [0.15, 0.2) is 0 Å². The van der Waals surface area contributed by atoms with Crippen LogP contribution in [0.15, 0.2) is 22.8 Å². The monoisotopic (exact) mass is 278 g/mol. The summed E-state index contributed by atoms with van der Waals surface area (Å²) in [5.74, 6) is -0.635. The fourth-order valence-corrected chi connectivity index (χ4v) is 3.61. The highest BCUT2D eigenvalue weighted by atomic mass is 16.5. The molecule has 2 aliphatic carbocycles. The van der Waals surface area contributed by atoms with Gasteiger partial charge in [-0.2, -0.15) is 0 Å². The molecule has 0 aliphatic heterocycles. The number of allylic oxidation sites excluding steroid dienone is 1. The van der Waals surface area contributed by atoms with Gasteiger partial charge in [0.05, 0.1) is 0 Å². The van der Waals surface area contributed by atoms with Crippen LogP contribution in [0.1, 0.15) is 46.5 Å². The molecule has 110 valence electrons. The second-order valence-corrected chi connectivity index (χ2v) is 5.89. The normalized spacial score (nSPS) is 30.1. The summed E-state index contributed by atoms with van der Waals surface area (Å²) in [5.41, 5.74) is 2.97. The zero-order chi connectivity index (χ0) is 14.9. The summed E-state index contributed by atoms with van der Waals surface area (Å²) in [4.78, 5) is 22.2. The summed E-state index contributed by atoms with van der Waals surface area (Å²) >= 11 is 0. The molecule has 2 aliphatic rings. The Morgan fingerprint density at radius 2 is 2.00 bits per heavy atom. The van der Waals surface area contributed by atoms with Crippen LogP contribution in [0.25, 0.3) is 0 Å². The molecule has 1 unspecified atom stereocenters. The van der Waals surface area contributed by atoms with E-state index in [1.165, 1.54) is 18.1 Å². The number of carbonyl (C=O) groups is 2. The molecule has 0 aromatic carbocycles. The average Bonchev–Trinajstić information content (AvgIpc) is 2.66. The van der Waals surface area contributed by atoms with Crippen LogP contribution in [0, 0.1) is 11.8 Å². The standard InChI is InChI=1S/C16H22O4/c1-9-8-14(20-11(3)17)13-6-4-5-12(15(9)13)7-10(2)16(18)19/h7,12-14H,4-6,8H2,1-3H3,(H,18,19)/b10-7+/t12-,13?,14-/m0/s1. The number of carboxylic acids is 1. The topological polar surface area (TPSA) is 63.6 Å². The van der Waals surface area contributed by atoms with Crippen molar-refractivity contribution < 1.29 is 19.4 Å². The summed E-state index contributed by atoms with van der Waals surface area (Å²) in [6, 6.07) is 0. The van der Waals surface area contributed by atoms with E-state index in [1.807, 2.05) is 6.08 Å². The van der Waals surface area contributed by atoms with Gasteiger partial charge in [-0.05, 0) is 32.6 Å². The summed E-state index contributed by atoms with van der Waals surface area (Å²) in [6.45, 7) is 5.16. The Labute approximate surface area is 119 Å². The predicted molar refractivity (Wildman–Crippen MR) is 75.1 cm³/mol. The van der Waals surface area contributed by atoms with Gasteiger partial charge in [0.1, 0.15) is 6.10 Å². The van der Waals surface area contributed by atoms with Crippen molar-refractivity contribution in [3.05, 3.63) is 22.8 Å². The maximum absolute atomic E-state index is 11.2. The van der Waals surface area contributed by atoms with Crippen molar-refractivity contribution in [2.75, 3.05) is 0 Å². The molecule has 2 rings (SSSR count). The molecule has 1 saturated carbocycles. The van der Waals surface area contributed by atoms with Crippen LogP contribution in [0.5, 0.6) is 0 Å². The van der Waals surface area contributed by atoms with Gasteiger partial charge in [-0.25, -0.2) is 4.79 Å². The first kappa shape index (κ1) is 14.8. The van der Waals surface area contributed by atoms with Gasteiger partial charge in [0.25, 0.3) is 0 Å². The van der Waals surface area contributed by atoms with Crippen molar-refractivity contribution in [3.63, 3.8) is 0 Å². The van der Waals surface area contributed by atoms with E-state index in [-0.39, 0.29) is 23.9 Å². The molecule has 0 spiro atoms. The maximum atomic E-state index is 11.2. The number of esters is 1. The minimum atomic E-state index is -0.861. The molecule has 0 radical (unpaired) electrons. The van der Waals surface area contributed by atoms with Crippen molar-refractivity contribution in [1.29, 1.82) is 0 Å². The summed E-state index contributed by atoms with van der Waals surface area (Å²) in [6.07, 6.45) is 5.66. The average molecular weight is 278 g/mol. The van der Waals surface area contributed by atoms with Crippen molar-refractivity contribution in [2.24, 2.45) is 11.8 Å². The number of carboxylic acid groups (broad SMARTS) is 1. The fourth-order valence-electron chi connectivity index (χ4n) is 3.61. The van der Waals surface area contributed by atoms with Gasteiger partial charge < -0.3 is 9.84 Å². The van der Waals surface area contributed by atoms with Gasteiger partial charge in [0, 0.05) is 24.8 Å². The largest absolute Gasteiger partial charge is 0.478 e. The van der Waals surface area contributed by atoms with Gasteiger partial charge in [-0.15, -0.1) is 0 Å². The van der Waals surface area contributed by atoms with Gasteiger partial charge in [-0.3, -0.25) is 4.79 Å². The molecule has 3 atom stereocenters. The zero-order valence-corrected chi connectivity index (χ0v) is 12.3. The van der Waals surface area contributed by atoms with Crippen molar-refractivity contribution in [1.82, 2.24) is 0 Å². The first-order chi connectivity index (χ1) is 9.40. The SMILES string of the molecule is CC(=O)O[C@H]1CC(C)=C2C1CCC[C@H]2/C=C(\C)C(=O)O. The summed E-state index contributed by atoms with van der Waals surface area (Å²) in [5, 5.41) is 9.04. The minimum Gasteiger partial charge on any atom is -0.478 e. The molecule has 0 aromatic heterocycles. The van der Waals surface area contributed by atoms with Crippen molar-refractivity contribution >= 4 is 11.9 Å². The number of rotatable bonds is 3. The molecular weight excluding hydrogens is 256 g/mol. The van der Waals surface area contributed by atoms with Crippen LogP contribution < -0.4 is 0 Å². The Balaban J connectivity index is 2.22. The Hall–Kier alpha value is -1.58. The lowest BCUT2D eigenvalue weighted by Gasteiger charge is -2.31. The molecule has 4 nitrogen and oxygen atoms in total. The Kier molecular flexibility index (Phi) is 4.31. The van der Waals surface area contributed by atoms with Crippen LogP contribution in [0.3, 0.4) is 0 Å².